The number of aromatic hydroxyl groups is 1. The summed E-state index contributed by atoms with van der Waals surface area (Å²) in [5.74, 6) is 0.209. The van der Waals surface area contributed by atoms with E-state index in [1.807, 2.05) is 6.92 Å². The van der Waals surface area contributed by atoms with Gasteiger partial charge in [0.1, 0.15) is 11.2 Å². The molecule has 2 heterocycles. The smallest absolute Gasteiger partial charge is 0.263 e. The predicted octanol–water partition coefficient (Wildman–Crippen LogP) is 3.52. The molecule has 0 aliphatic heterocycles. The largest absolute Gasteiger partial charge is 0.504 e. The number of pyridine rings is 1. The van der Waals surface area contributed by atoms with Crippen molar-refractivity contribution in [3.05, 3.63) is 66.4 Å². The topological polar surface area (TPSA) is 114 Å². The van der Waals surface area contributed by atoms with E-state index >= 15 is 0 Å². The third kappa shape index (κ3) is 3.74. The number of fused-ring (bicyclic) bond motifs is 1. The average molecular weight is 422 g/mol. The molecule has 4 aromatic rings. The van der Waals surface area contributed by atoms with Gasteiger partial charge >= 0.3 is 0 Å². The number of hydrogen-bond acceptors (Lipinski definition) is 7. The summed E-state index contributed by atoms with van der Waals surface area (Å²) in [6, 6.07) is 14.5. The van der Waals surface area contributed by atoms with Gasteiger partial charge in [0, 0.05) is 11.8 Å². The van der Waals surface area contributed by atoms with Crippen molar-refractivity contribution < 1.29 is 18.3 Å². The Morgan fingerprint density at radius 1 is 1.03 bits per heavy atom. The number of nitrogens with zero attached hydrogens (tertiary/aromatic N) is 3. The van der Waals surface area contributed by atoms with Crippen molar-refractivity contribution in [1.29, 1.82) is 0 Å². The highest BCUT2D eigenvalue weighted by Gasteiger charge is 2.20. The lowest BCUT2D eigenvalue weighted by Crippen LogP contribution is -2.15. The summed E-state index contributed by atoms with van der Waals surface area (Å²) >= 11 is 0. The van der Waals surface area contributed by atoms with Gasteiger partial charge in [-0.05, 0) is 49.4 Å². The zero-order valence-electron chi connectivity index (χ0n) is 16.2. The zero-order chi connectivity index (χ0) is 21.3. The van der Waals surface area contributed by atoms with Gasteiger partial charge in [-0.25, -0.2) is 23.4 Å². The number of aromatic nitrogens is 3. The Balaban J connectivity index is 1.88. The Hall–Kier alpha value is -3.72. The Kier molecular flexibility index (Phi) is 4.96. The quantitative estimate of drug-likeness (QED) is 0.506. The van der Waals surface area contributed by atoms with Crippen LogP contribution >= 0.6 is 0 Å². The van der Waals surface area contributed by atoms with Crippen LogP contribution in [0.15, 0.2) is 65.7 Å². The molecule has 8 nitrogen and oxygen atoms in total. The van der Waals surface area contributed by atoms with Crippen molar-refractivity contribution in [3.8, 4) is 22.8 Å². The van der Waals surface area contributed by atoms with Crippen molar-refractivity contribution >= 4 is 27.0 Å². The lowest BCUT2D eigenvalue weighted by Gasteiger charge is -2.13. The molecule has 2 aromatic heterocycles. The van der Waals surface area contributed by atoms with Crippen LogP contribution in [0.4, 0.5) is 5.82 Å². The maximum absolute atomic E-state index is 12.9. The minimum absolute atomic E-state index is 0.0227. The molecule has 0 fully saturated rings. The summed E-state index contributed by atoms with van der Waals surface area (Å²) in [4.78, 5) is 13.2. The van der Waals surface area contributed by atoms with Gasteiger partial charge in [0.05, 0.1) is 12.0 Å². The number of phenolic OH excluding ortho intramolecular Hbond substituents is 1. The van der Waals surface area contributed by atoms with Crippen LogP contribution in [0.1, 0.15) is 5.56 Å². The van der Waals surface area contributed by atoms with Crippen LogP contribution in [-0.2, 0) is 10.0 Å². The SMILES string of the molecule is COc1cc(-c2nc3cccnc3nc2NS(=O)(=O)c2ccc(C)cc2)ccc1O. The van der Waals surface area contributed by atoms with Crippen LogP contribution in [0.2, 0.25) is 0 Å². The van der Waals surface area contributed by atoms with E-state index in [1.165, 1.54) is 25.3 Å². The highest BCUT2D eigenvalue weighted by molar-refractivity contribution is 7.92. The van der Waals surface area contributed by atoms with Crippen molar-refractivity contribution in [2.24, 2.45) is 0 Å². The fourth-order valence-corrected chi connectivity index (χ4v) is 3.90. The number of sulfonamides is 1. The summed E-state index contributed by atoms with van der Waals surface area (Å²) in [5.41, 5.74) is 2.54. The lowest BCUT2D eigenvalue weighted by molar-refractivity contribution is 0.373. The van der Waals surface area contributed by atoms with E-state index in [2.05, 4.69) is 19.7 Å². The van der Waals surface area contributed by atoms with Crippen LogP contribution in [0.3, 0.4) is 0 Å². The fraction of sp³-hybridized carbons (Fsp3) is 0.0952. The summed E-state index contributed by atoms with van der Waals surface area (Å²) < 4.78 is 33.6. The predicted molar refractivity (Wildman–Crippen MR) is 113 cm³/mol. The number of nitrogens with one attached hydrogen (secondary N) is 1. The van der Waals surface area contributed by atoms with Crippen LogP contribution in [0.25, 0.3) is 22.4 Å². The second-order valence-corrected chi connectivity index (χ2v) is 8.25. The molecule has 0 bridgehead atoms. The molecule has 0 amide bonds. The molecule has 0 aliphatic rings. The van der Waals surface area contributed by atoms with Crippen molar-refractivity contribution in [1.82, 2.24) is 15.0 Å². The number of anilines is 1. The number of phenols is 1. The molecular weight excluding hydrogens is 404 g/mol. The number of methoxy groups -OCH3 is 1. The third-order valence-electron chi connectivity index (χ3n) is 4.46. The van der Waals surface area contributed by atoms with Crippen LogP contribution < -0.4 is 9.46 Å². The van der Waals surface area contributed by atoms with Crippen LogP contribution in [-0.4, -0.2) is 35.6 Å². The standard InChI is InChI=1S/C21H18N4O4S/c1-13-5-8-15(9-6-13)30(27,28)25-21-19(14-7-10-17(26)18(12-14)29-2)23-16-4-3-11-22-20(16)24-21/h3-12,26H,1-2H3,(H,22,24,25). The molecule has 0 saturated carbocycles. The van der Waals surface area contributed by atoms with Gasteiger partial charge < -0.3 is 9.84 Å². The highest BCUT2D eigenvalue weighted by Crippen LogP contribution is 2.34. The Morgan fingerprint density at radius 2 is 1.80 bits per heavy atom. The van der Waals surface area contributed by atoms with Gasteiger partial charge in [-0.15, -0.1) is 0 Å². The summed E-state index contributed by atoms with van der Waals surface area (Å²) in [7, 11) is -2.49. The molecule has 2 N–H and O–H groups in total. The normalized spacial score (nSPS) is 11.4. The van der Waals surface area contributed by atoms with E-state index in [1.54, 1.807) is 42.6 Å². The van der Waals surface area contributed by atoms with Crippen LogP contribution in [0.5, 0.6) is 11.5 Å². The van der Waals surface area contributed by atoms with Gasteiger partial charge in [0.2, 0.25) is 0 Å². The van der Waals surface area contributed by atoms with E-state index in [4.69, 9.17) is 4.74 Å². The molecule has 30 heavy (non-hydrogen) atoms. The van der Waals surface area contributed by atoms with E-state index in [9.17, 15) is 13.5 Å². The Morgan fingerprint density at radius 3 is 2.53 bits per heavy atom. The molecule has 0 spiro atoms. The summed E-state index contributed by atoms with van der Waals surface area (Å²) in [6.45, 7) is 1.88. The van der Waals surface area contributed by atoms with Crippen molar-refractivity contribution in [2.45, 2.75) is 11.8 Å². The first-order chi connectivity index (χ1) is 14.4. The zero-order valence-corrected chi connectivity index (χ0v) is 17.0. The molecular formula is C21H18N4O4S. The van der Waals surface area contributed by atoms with Gasteiger partial charge in [-0.1, -0.05) is 17.7 Å². The van der Waals surface area contributed by atoms with E-state index < -0.39 is 10.0 Å². The highest BCUT2D eigenvalue weighted by atomic mass is 32.2. The average Bonchev–Trinajstić information content (AvgIpc) is 2.74. The van der Waals surface area contributed by atoms with E-state index in [0.29, 0.717) is 16.7 Å². The molecule has 0 atom stereocenters. The molecule has 0 radical (unpaired) electrons. The Bertz CT molecular complexity index is 1340. The molecule has 9 heteroatoms. The van der Waals surface area contributed by atoms with E-state index in [0.717, 1.165) is 5.56 Å². The minimum Gasteiger partial charge on any atom is -0.504 e. The summed E-state index contributed by atoms with van der Waals surface area (Å²) in [6.07, 6.45) is 1.55. The molecule has 4 rings (SSSR count). The van der Waals surface area contributed by atoms with Gasteiger partial charge in [-0.3, -0.25) is 4.72 Å². The minimum atomic E-state index is -3.91. The molecule has 2 aromatic carbocycles. The second kappa shape index (κ2) is 7.60. The number of aryl methyl sites for hydroxylation is 1. The summed E-state index contributed by atoms with van der Waals surface area (Å²) in [5, 5.41) is 9.90. The van der Waals surface area contributed by atoms with Crippen molar-refractivity contribution in [2.75, 3.05) is 11.8 Å². The maximum Gasteiger partial charge on any atom is 0.263 e. The van der Waals surface area contributed by atoms with Gasteiger partial charge in [0.25, 0.3) is 10.0 Å². The molecule has 0 saturated heterocycles. The monoisotopic (exact) mass is 422 g/mol. The Labute approximate surface area is 173 Å². The number of hydrogen-bond donors (Lipinski definition) is 2. The van der Waals surface area contributed by atoms with Crippen molar-refractivity contribution in [3.63, 3.8) is 0 Å². The lowest BCUT2D eigenvalue weighted by atomic mass is 10.1. The third-order valence-corrected chi connectivity index (χ3v) is 5.81. The molecule has 0 aliphatic carbocycles. The van der Waals surface area contributed by atoms with Gasteiger partial charge in [0.15, 0.2) is 23.0 Å². The van der Waals surface area contributed by atoms with E-state index in [-0.39, 0.29) is 27.9 Å². The maximum atomic E-state index is 12.9. The van der Waals surface area contributed by atoms with Crippen LogP contribution in [0, 0.1) is 6.92 Å². The fourth-order valence-electron chi connectivity index (χ4n) is 2.90. The molecule has 0 unspecified atom stereocenters. The number of ether oxygens (including phenoxy) is 1. The number of rotatable bonds is 5. The first kappa shape index (κ1) is 19.6. The first-order valence-corrected chi connectivity index (χ1v) is 10.5. The number of benzene rings is 2. The first-order valence-electron chi connectivity index (χ1n) is 8.97. The molecule has 152 valence electrons. The second-order valence-electron chi connectivity index (χ2n) is 6.57. The van der Waals surface area contributed by atoms with Gasteiger partial charge in [-0.2, -0.15) is 0 Å².